The number of nitrogens with one attached hydrogen (secondary N) is 2. The van der Waals surface area contributed by atoms with E-state index in [2.05, 4.69) is 15.5 Å². The standard InChI is InChI=1S/C23H25N5O3/c1-15-8-7-10-19(26-23(29)28(3)27-24)18(15)14-31-21-13-12-20(25-16(21)2)17-9-5-6-11-22(17)30-4/h5-13,24H,14H2,1-4H3,(H,26,29). The number of para-hydroxylation sites is 1. The lowest BCUT2D eigenvalue weighted by atomic mass is 10.1. The second kappa shape index (κ2) is 9.71. The molecule has 0 aliphatic heterocycles. The van der Waals surface area contributed by atoms with Crippen LogP contribution in [0.2, 0.25) is 0 Å². The number of anilines is 1. The summed E-state index contributed by atoms with van der Waals surface area (Å²) >= 11 is 0. The number of pyridine rings is 1. The first-order chi connectivity index (χ1) is 14.9. The summed E-state index contributed by atoms with van der Waals surface area (Å²) in [5, 5.41) is 6.78. The number of carbonyl (C=O) groups is 1. The fourth-order valence-electron chi connectivity index (χ4n) is 3.11. The van der Waals surface area contributed by atoms with Gasteiger partial charge in [-0.1, -0.05) is 29.5 Å². The Bertz CT molecular complexity index is 1100. The Morgan fingerprint density at radius 2 is 1.87 bits per heavy atom. The van der Waals surface area contributed by atoms with Crippen LogP contribution in [-0.4, -0.2) is 30.2 Å². The van der Waals surface area contributed by atoms with Crippen LogP contribution in [-0.2, 0) is 6.61 Å². The molecule has 2 aromatic carbocycles. The number of aromatic nitrogens is 1. The summed E-state index contributed by atoms with van der Waals surface area (Å²) in [6.07, 6.45) is 0. The van der Waals surface area contributed by atoms with Crippen molar-refractivity contribution in [1.29, 1.82) is 5.53 Å². The summed E-state index contributed by atoms with van der Waals surface area (Å²) in [6.45, 7) is 4.09. The maximum Gasteiger partial charge on any atom is 0.343 e. The van der Waals surface area contributed by atoms with Crippen LogP contribution >= 0.6 is 0 Å². The zero-order valence-corrected chi connectivity index (χ0v) is 18.0. The van der Waals surface area contributed by atoms with Gasteiger partial charge in [-0.2, -0.15) is 10.5 Å². The molecule has 3 aromatic rings. The SMILES string of the molecule is COc1ccccc1-c1ccc(OCc2c(C)cccc2NC(=O)N(C)N=N)c(C)n1. The zero-order valence-electron chi connectivity index (χ0n) is 18.0. The van der Waals surface area contributed by atoms with E-state index in [1.807, 2.05) is 62.4 Å². The molecule has 0 saturated carbocycles. The highest BCUT2D eigenvalue weighted by atomic mass is 16.5. The first-order valence-electron chi connectivity index (χ1n) is 9.69. The minimum absolute atomic E-state index is 0.251. The molecule has 0 unspecified atom stereocenters. The second-order valence-corrected chi connectivity index (χ2v) is 6.92. The molecular formula is C23H25N5O3. The monoisotopic (exact) mass is 419 g/mol. The van der Waals surface area contributed by atoms with Crippen molar-refractivity contribution in [2.24, 2.45) is 5.22 Å². The van der Waals surface area contributed by atoms with Crippen LogP contribution in [0.1, 0.15) is 16.8 Å². The number of hydrogen-bond acceptors (Lipinski definition) is 6. The molecule has 0 aliphatic rings. The molecule has 160 valence electrons. The Balaban J connectivity index is 1.80. The lowest BCUT2D eigenvalue weighted by molar-refractivity contribution is 0.220. The van der Waals surface area contributed by atoms with Crippen molar-refractivity contribution in [2.75, 3.05) is 19.5 Å². The predicted molar refractivity (Wildman–Crippen MR) is 118 cm³/mol. The van der Waals surface area contributed by atoms with Crippen molar-refractivity contribution in [3.63, 3.8) is 0 Å². The number of nitrogens with zero attached hydrogens (tertiary/aromatic N) is 3. The number of amides is 2. The second-order valence-electron chi connectivity index (χ2n) is 6.92. The molecule has 0 radical (unpaired) electrons. The van der Waals surface area contributed by atoms with Crippen molar-refractivity contribution in [1.82, 2.24) is 9.99 Å². The molecule has 8 nitrogen and oxygen atoms in total. The van der Waals surface area contributed by atoms with E-state index >= 15 is 0 Å². The molecule has 1 heterocycles. The van der Waals surface area contributed by atoms with Crippen LogP contribution < -0.4 is 14.8 Å². The van der Waals surface area contributed by atoms with Gasteiger partial charge in [-0.05, 0) is 49.7 Å². The third-order valence-corrected chi connectivity index (χ3v) is 4.89. The van der Waals surface area contributed by atoms with E-state index in [1.165, 1.54) is 7.05 Å². The molecule has 2 N–H and O–H groups in total. The zero-order chi connectivity index (χ0) is 22.4. The molecule has 2 amide bonds. The fourth-order valence-corrected chi connectivity index (χ4v) is 3.11. The normalized spacial score (nSPS) is 10.3. The van der Waals surface area contributed by atoms with Crippen LogP contribution in [0, 0.1) is 19.4 Å². The Hall–Kier alpha value is -3.94. The first-order valence-corrected chi connectivity index (χ1v) is 9.69. The van der Waals surface area contributed by atoms with Gasteiger partial charge in [0.15, 0.2) is 0 Å². The minimum atomic E-state index is -0.499. The van der Waals surface area contributed by atoms with Crippen molar-refractivity contribution in [3.05, 3.63) is 71.4 Å². The Morgan fingerprint density at radius 3 is 2.58 bits per heavy atom. The van der Waals surface area contributed by atoms with E-state index < -0.39 is 6.03 Å². The maximum atomic E-state index is 12.1. The summed E-state index contributed by atoms with van der Waals surface area (Å²) in [5.41, 5.74) is 11.8. The molecule has 0 aliphatic carbocycles. The number of urea groups is 1. The Kier molecular flexibility index (Phi) is 6.81. The number of methoxy groups -OCH3 is 1. The van der Waals surface area contributed by atoms with Gasteiger partial charge in [-0.15, -0.1) is 0 Å². The molecule has 31 heavy (non-hydrogen) atoms. The molecule has 0 bridgehead atoms. The number of benzene rings is 2. The van der Waals surface area contributed by atoms with Crippen molar-refractivity contribution >= 4 is 11.7 Å². The lowest BCUT2D eigenvalue weighted by Crippen LogP contribution is -2.27. The van der Waals surface area contributed by atoms with Crippen molar-refractivity contribution in [2.45, 2.75) is 20.5 Å². The third-order valence-electron chi connectivity index (χ3n) is 4.89. The molecule has 0 atom stereocenters. The van der Waals surface area contributed by atoms with E-state index in [0.29, 0.717) is 11.4 Å². The van der Waals surface area contributed by atoms with Crippen molar-refractivity contribution in [3.8, 4) is 22.8 Å². The third kappa shape index (κ3) is 4.98. The maximum absolute atomic E-state index is 12.1. The molecule has 0 fully saturated rings. The number of ether oxygens (including phenoxy) is 2. The van der Waals surface area contributed by atoms with Crippen LogP contribution in [0.4, 0.5) is 10.5 Å². The van der Waals surface area contributed by atoms with Crippen LogP contribution in [0.15, 0.2) is 59.8 Å². The van der Waals surface area contributed by atoms with E-state index in [0.717, 1.165) is 38.8 Å². The first kappa shape index (κ1) is 21.8. The fraction of sp³-hybridized carbons (Fsp3) is 0.217. The number of aryl methyl sites for hydroxylation is 2. The summed E-state index contributed by atoms with van der Waals surface area (Å²) in [5.74, 6) is 1.41. The van der Waals surface area contributed by atoms with Gasteiger partial charge >= 0.3 is 6.03 Å². The molecule has 1 aromatic heterocycles. The van der Waals surface area contributed by atoms with Gasteiger partial charge < -0.3 is 14.8 Å². The molecule has 0 spiro atoms. The highest BCUT2D eigenvalue weighted by Gasteiger charge is 2.14. The highest BCUT2D eigenvalue weighted by molar-refractivity contribution is 5.89. The van der Waals surface area contributed by atoms with Gasteiger partial charge in [-0.25, -0.2) is 9.78 Å². The molecule has 3 rings (SSSR count). The number of hydrogen-bond donors (Lipinski definition) is 2. The summed E-state index contributed by atoms with van der Waals surface area (Å²) in [7, 11) is 3.05. The summed E-state index contributed by atoms with van der Waals surface area (Å²) in [4.78, 5) is 16.8. The minimum Gasteiger partial charge on any atom is -0.496 e. The topological polar surface area (TPSA) is 99.9 Å². The molecule has 8 heteroatoms. The molecule has 0 saturated heterocycles. The molecular weight excluding hydrogens is 394 g/mol. The van der Waals surface area contributed by atoms with Crippen LogP contribution in [0.25, 0.3) is 11.3 Å². The Morgan fingerprint density at radius 1 is 1.10 bits per heavy atom. The van der Waals surface area contributed by atoms with E-state index in [9.17, 15) is 4.79 Å². The quantitative estimate of drug-likeness (QED) is 0.397. The largest absolute Gasteiger partial charge is 0.496 e. The average molecular weight is 419 g/mol. The van der Waals surface area contributed by atoms with Gasteiger partial charge in [0.25, 0.3) is 0 Å². The number of rotatable bonds is 7. The summed E-state index contributed by atoms with van der Waals surface area (Å²) < 4.78 is 11.5. The lowest BCUT2D eigenvalue weighted by Gasteiger charge is -2.17. The van der Waals surface area contributed by atoms with Gasteiger partial charge in [0.1, 0.15) is 18.1 Å². The number of carbonyl (C=O) groups excluding carboxylic acids is 1. The van der Waals surface area contributed by atoms with Gasteiger partial charge in [0, 0.05) is 23.9 Å². The van der Waals surface area contributed by atoms with Crippen molar-refractivity contribution < 1.29 is 14.3 Å². The van der Waals surface area contributed by atoms with Crippen LogP contribution in [0.3, 0.4) is 0 Å². The van der Waals surface area contributed by atoms with Gasteiger partial charge in [0.2, 0.25) is 0 Å². The highest BCUT2D eigenvalue weighted by Crippen LogP contribution is 2.31. The van der Waals surface area contributed by atoms with Gasteiger partial charge in [0.05, 0.1) is 18.5 Å². The average Bonchev–Trinajstić information content (AvgIpc) is 2.78. The van der Waals surface area contributed by atoms with E-state index in [4.69, 9.17) is 15.0 Å². The smallest absolute Gasteiger partial charge is 0.343 e. The van der Waals surface area contributed by atoms with E-state index in [-0.39, 0.29) is 6.61 Å². The van der Waals surface area contributed by atoms with Gasteiger partial charge in [-0.3, -0.25) is 0 Å². The summed E-state index contributed by atoms with van der Waals surface area (Å²) in [6, 6.07) is 16.6. The Labute approximate surface area is 181 Å². The van der Waals surface area contributed by atoms with E-state index in [1.54, 1.807) is 13.2 Å². The predicted octanol–water partition coefficient (Wildman–Crippen LogP) is 5.36. The van der Waals surface area contributed by atoms with Crippen LogP contribution in [0.5, 0.6) is 11.5 Å².